The van der Waals surface area contributed by atoms with Crippen molar-refractivity contribution in [1.82, 2.24) is 15.1 Å². The van der Waals surface area contributed by atoms with Gasteiger partial charge in [-0.15, -0.1) is 0 Å². The molecular formula is C15H31N3. The standard InChI is InChI=1S/C15H31N3/c1-4-13(2)15(16-3)12-17-10-7-14(11-17)18-8-5-6-9-18/h13-16H,4-12H2,1-3H3. The van der Waals surface area contributed by atoms with E-state index in [1.807, 2.05) is 0 Å². The summed E-state index contributed by atoms with van der Waals surface area (Å²) in [7, 11) is 2.12. The topological polar surface area (TPSA) is 18.5 Å². The monoisotopic (exact) mass is 253 g/mol. The van der Waals surface area contributed by atoms with Gasteiger partial charge in [-0.25, -0.2) is 0 Å². The minimum absolute atomic E-state index is 0.660. The first kappa shape index (κ1) is 14.3. The molecule has 2 saturated heterocycles. The lowest BCUT2D eigenvalue weighted by Gasteiger charge is -2.29. The van der Waals surface area contributed by atoms with Crippen molar-refractivity contribution in [3.05, 3.63) is 0 Å². The van der Waals surface area contributed by atoms with Crippen LogP contribution in [0.25, 0.3) is 0 Å². The normalized spacial score (nSPS) is 29.8. The molecule has 2 aliphatic rings. The van der Waals surface area contributed by atoms with Crippen molar-refractivity contribution in [3.63, 3.8) is 0 Å². The average Bonchev–Trinajstić information content (AvgIpc) is 3.05. The Hall–Kier alpha value is -0.120. The molecule has 1 N–H and O–H groups in total. The molecular weight excluding hydrogens is 222 g/mol. The van der Waals surface area contributed by atoms with Crippen molar-refractivity contribution >= 4 is 0 Å². The molecule has 0 aromatic carbocycles. The van der Waals surface area contributed by atoms with Crippen LogP contribution in [0.5, 0.6) is 0 Å². The predicted molar refractivity (Wildman–Crippen MR) is 78.0 cm³/mol. The predicted octanol–water partition coefficient (Wildman–Crippen LogP) is 1.79. The number of likely N-dealkylation sites (N-methyl/N-ethyl adjacent to an activating group) is 1. The summed E-state index contributed by atoms with van der Waals surface area (Å²) in [6.07, 6.45) is 5.50. The fourth-order valence-corrected chi connectivity index (χ4v) is 3.50. The summed E-state index contributed by atoms with van der Waals surface area (Å²) in [5, 5.41) is 3.51. The van der Waals surface area contributed by atoms with E-state index in [0.29, 0.717) is 6.04 Å². The number of nitrogens with zero attached hydrogens (tertiary/aromatic N) is 2. The second-order valence-electron chi connectivity index (χ2n) is 6.23. The summed E-state index contributed by atoms with van der Waals surface area (Å²) in [4.78, 5) is 5.40. The number of rotatable bonds is 6. The molecule has 106 valence electrons. The second kappa shape index (κ2) is 6.88. The quantitative estimate of drug-likeness (QED) is 0.778. The van der Waals surface area contributed by atoms with Gasteiger partial charge in [0.1, 0.15) is 0 Å². The van der Waals surface area contributed by atoms with Crippen LogP contribution in [0.1, 0.15) is 39.5 Å². The third-order valence-electron chi connectivity index (χ3n) is 5.06. The third kappa shape index (κ3) is 3.46. The highest BCUT2D eigenvalue weighted by Gasteiger charge is 2.30. The lowest BCUT2D eigenvalue weighted by molar-refractivity contribution is 0.211. The molecule has 0 saturated carbocycles. The molecule has 18 heavy (non-hydrogen) atoms. The van der Waals surface area contributed by atoms with Crippen molar-refractivity contribution in [1.29, 1.82) is 0 Å². The Balaban J connectivity index is 1.77. The zero-order valence-electron chi connectivity index (χ0n) is 12.5. The van der Waals surface area contributed by atoms with Crippen LogP contribution in [0.2, 0.25) is 0 Å². The average molecular weight is 253 g/mol. The summed E-state index contributed by atoms with van der Waals surface area (Å²) in [6.45, 7) is 11.2. The molecule has 2 fully saturated rings. The second-order valence-corrected chi connectivity index (χ2v) is 6.23. The van der Waals surface area contributed by atoms with E-state index in [1.54, 1.807) is 0 Å². The number of likely N-dealkylation sites (tertiary alicyclic amines) is 2. The summed E-state index contributed by atoms with van der Waals surface area (Å²) in [5.74, 6) is 0.779. The van der Waals surface area contributed by atoms with Crippen LogP contribution >= 0.6 is 0 Å². The van der Waals surface area contributed by atoms with E-state index >= 15 is 0 Å². The Morgan fingerprint density at radius 1 is 1.22 bits per heavy atom. The third-order valence-corrected chi connectivity index (χ3v) is 5.06. The van der Waals surface area contributed by atoms with Gasteiger partial charge >= 0.3 is 0 Å². The van der Waals surface area contributed by atoms with Crippen LogP contribution in [0.3, 0.4) is 0 Å². The maximum Gasteiger partial charge on any atom is 0.0235 e. The largest absolute Gasteiger partial charge is 0.315 e. The van der Waals surface area contributed by atoms with E-state index in [1.165, 1.54) is 58.4 Å². The van der Waals surface area contributed by atoms with Gasteiger partial charge in [0, 0.05) is 25.2 Å². The molecule has 0 spiro atoms. The highest BCUT2D eigenvalue weighted by molar-refractivity contribution is 4.87. The maximum atomic E-state index is 3.51. The van der Waals surface area contributed by atoms with E-state index in [4.69, 9.17) is 0 Å². The van der Waals surface area contributed by atoms with Gasteiger partial charge in [-0.2, -0.15) is 0 Å². The summed E-state index contributed by atoms with van der Waals surface area (Å²) in [5.41, 5.74) is 0. The Kier molecular flexibility index (Phi) is 5.46. The smallest absolute Gasteiger partial charge is 0.0235 e. The van der Waals surface area contributed by atoms with Crippen molar-refractivity contribution in [2.45, 2.75) is 51.6 Å². The van der Waals surface area contributed by atoms with Gasteiger partial charge in [0.05, 0.1) is 0 Å². The van der Waals surface area contributed by atoms with Crippen molar-refractivity contribution < 1.29 is 0 Å². The first-order valence-corrected chi connectivity index (χ1v) is 7.88. The van der Waals surface area contributed by atoms with E-state index in [0.717, 1.165) is 12.0 Å². The molecule has 0 radical (unpaired) electrons. The molecule has 3 atom stereocenters. The van der Waals surface area contributed by atoms with E-state index in [2.05, 4.69) is 36.0 Å². The molecule has 2 rings (SSSR count). The van der Waals surface area contributed by atoms with E-state index in [-0.39, 0.29) is 0 Å². The fourth-order valence-electron chi connectivity index (χ4n) is 3.50. The summed E-state index contributed by atoms with van der Waals surface area (Å²) < 4.78 is 0. The van der Waals surface area contributed by atoms with Gasteiger partial charge in [0.15, 0.2) is 0 Å². The molecule has 0 aliphatic carbocycles. The number of hydrogen-bond acceptors (Lipinski definition) is 3. The van der Waals surface area contributed by atoms with Crippen LogP contribution in [0.4, 0.5) is 0 Å². The van der Waals surface area contributed by atoms with E-state index in [9.17, 15) is 0 Å². The first-order chi connectivity index (χ1) is 8.74. The van der Waals surface area contributed by atoms with Gasteiger partial charge in [-0.05, 0) is 51.9 Å². The van der Waals surface area contributed by atoms with Gasteiger partial charge in [0.25, 0.3) is 0 Å². The van der Waals surface area contributed by atoms with Crippen LogP contribution in [-0.2, 0) is 0 Å². The highest BCUT2D eigenvalue weighted by atomic mass is 15.3. The highest BCUT2D eigenvalue weighted by Crippen LogP contribution is 2.21. The molecule has 3 unspecified atom stereocenters. The summed E-state index contributed by atoms with van der Waals surface area (Å²) in [6, 6.07) is 1.51. The van der Waals surface area contributed by atoms with Crippen LogP contribution in [0, 0.1) is 5.92 Å². The molecule has 0 aromatic heterocycles. The lowest BCUT2D eigenvalue weighted by atomic mass is 9.99. The van der Waals surface area contributed by atoms with Gasteiger partial charge in [-0.3, -0.25) is 4.90 Å². The Bertz CT molecular complexity index is 238. The van der Waals surface area contributed by atoms with Crippen LogP contribution in [-0.4, -0.2) is 61.7 Å². The Morgan fingerprint density at radius 2 is 1.94 bits per heavy atom. The molecule has 0 bridgehead atoms. The van der Waals surface area contributed by atoms with Crippen molar-refractivity contribution in [2.75, 3.05) is 39.8 Å². The Labute approximate surface area is 113 Å². The van der Waals surface area contributed by atoms with Gasteiger partial charge < -0.3 is 10.2 Å². The fraction of sp³-hybridized carbons (Fsp3) is 1.00. The molecule has 2 aliphatic heterocycles. The van der Waals surface area contributed by atoms with Gasteiger partial charge in [-0.1, -0.05) is 20.3 Å². The summed E-state index contributed by atoms with van der Waals surface area (Å²) >= 11 is 0. The zero-order chi connectivity index (χ0) is 13.0. The van der Waals surface area contributed by atoms with Crippen LogP contribution < -0.4 is 5.32 Å². The zero-order valence-corrected chi connectivity index (χ0v) is 12.5. The first-order valence-electron chi connectivity index (χ1n) is 7.88. The molecule has 0 aromatic rings. The minimum atomic E-state index is 0.660. The lowest BCUT2D eigenvalue weighted by Crippen LogP contribution is -2.43. The van der Waals surface area contributed by atoms with Crippen molar-refractivity contribution in [3.8, 4) is 0 Å². The SMILES string of the molecule is CCC(C)C(CN1CCC(N2CCCC2)C1)NC. The molecule has 3 heteroatoms. The minimum Gasteiger partial charge on any atom is -0.315 e. The van der Waals surface area contributed by atoms with Gasteiger partial charge in [0.2, 0.25) is 0 Å². The van der Waals surface area contributed by atoms with Crippen LogP contribution in [0.15, 0.2) is 0 Å². The van der Waals surface area contributed by atoms with E-state index < -0.39 is 0 Å². The number of hydrogen-bond donors (Lipinski definition) is 1. The maximum absolute atomic E-state index is 3.51. The molecule has 0 amide bonds. The Morgan fingerprint density at radius 3 is 2.56 bits per heavy atom. The molecule has 2 heterocycles. The molecule has 3 nitrogen and oxygen atoms in total. The number of nitrogens with one attached hydrogen (secondary N) is 1. The van der Waals surface area contributed by atoms with Crippen molar-refractivity contribution in [2.24, 2.45) is 5.92 Å².